The molecule has 8 nitrogen and oxygen atoms in total. The lowest BCUT2D eigenvalue weighted by molar-refractivity contribution is 0.0999. The van der Waals surface area contributed by atoms with Crippen molar-refractivity contribution in [1.29, 1.82) is 0 Å². The molecular weight excluding hydrogens is 402 g/mol. The summed E-state index contributed by atoms with van der Waals surface area (Å²) in [4.78, 5) is 20.3. The van der Waals surface area contributed by atoms with Crippen LogP contribution in [-0.4, -0.2) is 38.7 Å². The van der Waals surface area contributed by atoms with Gasteiger partial charge in [-0.15, -0.1) is 0 Å². The first-order valence-corrected chi connectivity index (χ1v) is 11.7. The van der Waals surface area contributed by atoms with E-state index < -0.39 is 15.6 Å². The average molecular weight is 428 g/mol. The zero-order valence-corrected chi connectivity index (χ0v) is 18.4. The number of nitrogens with two attached hydrogens (primary N) is 1. The Hall–Kier alpha value is -3.20. The molecule has 3 N–H and O–H groups in total. The number of aryl methyl sites for hydroxylation is 1. The summed E-state index contributed by atoms with van der Waals surface area (Å²) in [7, 11) is -2.29. The Morgan fingerprint density at radius 3 is 2.57 bits per heavy atom. The van der Waals surface area contributed by atoms with E-state index in [0.29, 0.717) is 34.0 Å². The Bertz CT molecular complexity index is 1240. The first kappa shape index (κ1) is 21.5. The van der Waals surface area contributed by atoms with Crippen molar-refractivity contribution in [3.05, 3.63) is 47.8 Å². The SMILES string of the molecule is Cc1cc(N=S(C)(C)=O)cc2ncnc(Nc3ccc(C(N)=O)cc3OC(C)C)c12. The molecule has 0 fully saturated rings. The van der Waals surface area contributed by atoms with E-state index in [-0.39, 0.29) is 6.10 Å². The van der Waals surface area contributed by atoms with Crippen LogP contribution in [0.1, 0.15) is 29.8 Å². The molecule has 1 aromatic heterocycles. The summed E-state index contributed by atoms with van der Waals surface area (Å²) in [5.41, 5.74) is 8.57. The Morgan fingerprint density at radius 1 is 1.20 bits per heavy atom. The molecule has 0 atom stereocenters. The first-order valence-electron chi connectivity index (χ1n) is 9.33. The number of rotatable bonds is 6. The molecule has 0 aliphatic carbocycles. The van der Waals surface area contributed by atoms with Crippen LogP contribution in [-0.2, 0) is 9.73 Å². The molecular formula is C21H25N5O3S. The van der Waals surface area contributed by atoms with Gasteiger partial charge >= 0.3 is 0 Å². The predicted molar refractivity (Wildman–Crippen MR) is 120 cm³/mol. The lowest BCUT2D eigenvalue weighted by atomic mass is 10.1. The van der Waals surface area contributed by atoms with Crippen molar-refractivity contribution in [2.24, 2.45) is 10.1 Å². The van der Waals surface area contributed by atoms with Crippen LogP contribution in [0.3, 0.4) is 0 Å². The summed E-state index contributed by atoms with van der Waals surface area (Å²) in [6.45, 7) is 5.72. The fourth-order valence-corrected chi connectivity index (χ4v) is 3.65. The van der Waals surface area contributed by atoms with E-state index in [1.165, 1.54) is 6.33 Å². The Morgan fingerprint density at radius 2 is 1.93 bits per heavy atom. The summed E-state index contributed by atoms with van der Waals surface area (Å²) in [5.74, 6) is 0.547. The standard InChI is InChI=1S/C21H25N5O3S/c1-12(2)29-18-9-14(20(22)27)6-7-16(18)25-21-19-13(3)8-15(26-30(4,5)28)10-17(19)23-11-24-21/h6-12H,1-5H3,(H2,22,27)(H,23,24,25). The molecule has 1 heterocycles. The summed E-state index contributed by atoms with van der Waals surface area (Å²) in [6.07, 6.45) is 4.53. The molecule has 1 amide bonds. The average Bonchev–Trinajstić information content (AvgIpc) is 2.61. The first-order chi connectivity index (χ1) is 14.0. The van der Waals surface area contributed by atoms with Crippen LogP contribution >= 0.6 is 0 Å². The number of nitrogens with one attached hydrogen (secondary N) is 1. The number of fused-ring (bicyclic) bond motifs is 1. The molecule has 2 aromatic carbocycles. The normalized spacial score (nSPS) is 11.5. The molecule has 0 saturated heterocycles. The maximum Gasteiger partial charge on any atom is 0.248 e. The number of benzene rings is 2. The van der Waals surface area contributed by atoms with Gasteiger partial charge in [-0.3, -0.25) is 4.79 Å². The maximum atomic E-state index is 12.1. The summed E-state index contributed by atoms with van der Waals surface area (Å²) in [6, 6.07) is 8.60. The van der Waals surface area contributed by atoms with Crippen LogP contribution in [0.5, 0.6) is 5.75 Å². The van der Waals surface area contributed by atoms with Gasteiger partial charge in [0.2, 0.25) is 5.91 Å². The molecule has 0 aliphatic rings. The number of hydrogen-bond donors (Lipinski definition) is 2. The van der Waals surface area contributed by atoms with Gasteiger partial charge in [-0.1, -0.05) is 0 Å². The number of nitrogens with zero attached hydrogens (tertiary/aromatic N) is 3. The van der Waals surface area contributed by atoms with Gasteiger partial charge in [0.05, 0.1) is 23.0 Å². The topological polar surface area (TPSA) is 120 Å². The number of carbonyl (C=O) groups excluding carboxylic acids is 1. The highest BCUT2D eigenvalue weighted by Crippen LogP contribution is 2.34. The minimum absolute atomic E-state index is 0.0975. The molecule has 0 bridgehead atoms. The fraction of sp³-hybridized carbons (Fsp3) is 0.286. The second-order valence-corrected chi connectivity index (χ2v) is 10.1. The molecule has 0 unspecified atom stereocenters. The number of carbonyl (C=O) groups is 1. The van der Waals surface area contributed by atoms with Crippen LogP contribution in [0.15, 0.2) is 41.0 Å². The molecule has 3 aromatic rings. The Balaban J connectivity index is 2.10. The van der Waals surface area contributed by atoms with E-state index in [2.05, 4.69) is 19.6 Å². The zero-order valence-electron chi connectivity index (χ0n) is 17.6. The van der Waals surface area contributed by atoms with Crippen molar-refractivity contribution in [3.8, 4) is 5.75 Å². The van der Waals surface area contributed by atoms with Crippen LogP contribution in [0.25, 0.3) is 10.9 Å². The molecule has 3 rings (SSSR count). The second-order valence-electron chi connectivity index (χ2n) is 7.52. The van der Waals surface area contributed by atoms with Gasteiger partial charge in [0.25, 0.3) is 0 Å². The highest BCUT2D eigenvalue weighted by molar-refractivity contribution is 7.92. The van der Waals surface area contributed by atoms with Gasteiger partial charge in [0.15, 0.2) is 0 Å². The number of amides is 1. The van der Waals surface area contributed by atoms with E-state index in [0.717, 1.165) is 10.9 Å². The minimum Gasteiger partial charge on any atom is -0.489 e. The zero-order chi connectivity index (χ0) is 22.1. The quantitative estimate of drug-likeness (QED) is 0.615. The number of ether oxygens (including phenoxy) is 1. The lowest BCUT2D eigenvalue weighted by Gasteiger charge is -2.17. The summed E-state index contributed by atoms with van der Waals surface area (Å²) >= 11 is 0. The van der Waals surface area contributed by atoms with Crippen molar-refractivity contribution in [1.82, 2.24) is 9.97 Å². The highest BCUT2D eigenvalue weighted by atomic mass is 32.2. The number of aromatic nitrogens is 2. The smallest absolute Gasteiger partial charge is 0.248 e. The van der Waals surface area contributed by atoms with Crippen molar-refractivity contribution in [2.45, 2.75) is 26.9 Å². The number of anilines is 2. The van der Waals surface area contributed by atoms with Crippen molar-refractivity contribution in [3.63, 3.8) is 0 Å². The van der Waals surface area contributed by atoms with Gasteiger partial charge in [-0.25, -0.2) is 14.2 Å². The number of hydrogen-bond acceptors (Lipinski definition) is 7. The third kappa shape index (κ3) is 5.04. The molecule has 0 radical (unpaired) electrons. The second kappa shape index (κ2) is 8.27. The predicted octanol–water partition coefficient (Wildman–Crippen LogP) is 3.93. The van der Waals surface area contributed by atoms with Gasteiger partial charge in [0, 0.05) is 33.2 Å². The summed E-state index contributed by atoms with van der Waals surface area (Å²) in [5, 5.41) is 4.09. The lowest BCUT2D eigenvalue weighted by Crippen LogP contribution is -2.13. The Kier molecular flexibility index (Phi) is 5.93. The fourth-order valence-electron chi connectivity index (χ4n) is 3.03. The van der Waals surface area contributed by atoms with Gasteiger partial charge in [-0.2, -0.15) is 4.36 Å². The molecule has 0 saturated carbocycles. The highest BCUT2D eigenvalue weighted by Gasteiger charge is 2.14. The van der Waals surface area contributed by atoms with Gasteiger partial charge in [0.1, 0.15) is 17.9 Å². The molecule has 9 heteroatoms. The van der Waals surface area contributed by atoms with Gasteiger partial charge in [-0.05, 0) is 56.7 Å². The van der Waals surface area contributed by atoms with Crippen LogP contribution in [0, 0.1) is 6.92 Å². The van der Waals surface area contributed by atoms with E-state index >= 15 is 0 Å². The van der Waals surface area contributed by atoms with Crippen LogP contribution in [0.4, 0.5) is 17.2 Å². The van der Waals surface area contributed by atoms with Crippen molar-refractivity contribution >= 4 is 43.7 Å². The molecule has 0 spiro atoms. The van der Waals surface area contributed by atoms with E-state index in [1.807, 2.05) is 26.8 Å². The number of primary amides is 1. The monoisotopic (exact) mass is 427 g/mol. The molecule has 30 heavy (non-hydrogen) atoms. The third-order valence-electron chi connectivity index (χ3n) is 4.13. The van der Waals surface area contributed by atoms with E-state index in [4.69, 9.17) is 10.5 Å². The van der Waals surface area contributed by atoms with Gasteiger partial charge < -0.3 is 15.8 Å². The van der Waals surface area contributed by atoms with Crippen molar-refractivity contribution < 1.29 is 13.7 Å². The summed E-state index contributed by atoms with van der Waals surface area (Å²) < 4.78 is 22.2. The van der Waals surface area contributed by atoms with Crippen molar-refractivity contribution in [2.75, 3.05) is 17.8 Å². The largest absolute Gasteiger partial charge is 0.489 e. The van der Waals surface area contributed by atoms with E-state index in [1.54, 1.807) is 36.8 Å². The van der Waals surface area contributed by atoms with E-state index in [9.17, 15) is 9.00 Å². The maximum absolute atomic E-state index is 12.1. The van der Waals surface area contributed by atoms with Crippen LogP contribution in [0.2, 0.25) is 0 Å². The van der Waals surface area contributed by atoms with Crippen LogP contribution < -0.4 is 15.8 Å². The minimum atomic E-state index is -2.29. The molecule has 158 valence electrons. The Labute approximate surface area is 176 Å². The molecule has 0 aliphatic heterocycles. The third-order valence-corrected chi connectivity index (χ3v) is 4.78.